The van der Waals surface area contributed by atoms with Crippen LogP contribution in [0.15, 0.2) is 231 Å². The van der Waals surface area contributed by atoms with Gasteiger partial charge in [-0.25, -0.2) is 0 Å². The summed E-state index contributed by atoms with van der Waals surface area (Å²) in [5, 5.41) is 5.07. The zero-order chi connectivity index (χ0) is 46.2. The molecule has 1 atom stereocenters. The molecule has 0 saturated carbocycles. The third-order valence-corrected chi connectivity index (χ3v) is 17.6. The van der Waals surface area contributed by atoms with E-state index in [4.69, 9.17) is 9.97 Å². The van der Waals surface area contributed by atoms with Gasteiger partial charge in [-0.3, -0.25) is 9.97 Å². The van der Waals surface area contributed by atoms with Crippen LogP contribution in [0.4, 0.5) is 17.1 Å². The van der Waals surface area contributed by atoms with Crippen molar-refractivity contribution in [2.75, 3.05) is 4.90 Å². The maximum absolute atomic E-state index is 5.56. The molecule has 9 aromatic carbocycles. The van der Waals surface area contributed by atoms with Crippen molar-refractivity contribution in [3.8, 4) is 39.3 Å². The number of para-hydroxylation sites is 3. The lowest BCUT2D eigenvalue weighted by Crippen LogP contribution is -2.37. The van der Waals surface area contributed by atoms with Crippen LogP contribution in [0, 0.1) is 0 Å². The van der Waals surface area contributed by atoms with Crippen molar-refractivity contribution in [1.29, 1.82) is 0 Å². The van der Waals surface area contributed by atoms with Crippen molar-refractivity contribution in [1.82, 2.24) is 14.5 Å². The molecule has 0 bridgehead atoms. The van der Waals surface area contributed by atoms with Gasteiger partial charge in [0.1, 0.15) is 0 Å². The van der Waals surface area contributed by atoms with Gasteiger partial charge in [0.15, 0.2) is 0 Å². The van der Waals surface area contributed by atoms with Crippen molar-refractivity contribution in [2.24, 2.45) is 0 Å². The first-order valence-corrected chi connectivity index (χ1v) is 25.3. The largest absolute Gasteiger partial charge is 0.310 e. The minimum Gasteiger partial charge on any atom is -0.310 e. The molecule has 4 nitrogen and oxygen atoms in total. The zero-order valence-corrected chi connectivity index (χ0v) is 39.0. The number of nitrogens with zero attached hydrogens (tertiary/aromatic N) is 4. The molecule has 0 N–H and O–H groups in total. The first kappa shape index (κ1) is 38.0. The lowest BCUT2D eigenvalue weighted by molar-refractivity contribution is 0.743. The monoisotopic (exact) mass is 918 g/mol. The van der Waals surface area contributed by atoms with E-state index in [0.717, 1.165) is 50.8 Å². The number of hydrogen-bond donors (Lipinski definition) is 0. The molecule has 5 heterocycles. The SMILES string of the molecule is c1ccc(N2c3ccccc3C3(c4cc5c(cc42)C2(c4ccccc4-c4ccccc42)c2ccccc2-5)c2cccnc2-c2ncc(-n4c5ccccc5c5cc6c(cc54)sc4ccccc46)cc23)cc1. The molecular weight excluding hydrogens is 881 g/mol. The van der Waals surface area contributed by atoms with Gasteiger partial charge in [0.05, 0.1) is 56.5 Å². The van der Waals surface area contributed by atoms with Crippen LogP contribution < -0.4 is 4.90 Å². The molecule has 328 valence electrons. The van der Waals surface area contributed by atoms with E-state index in [9.17, 15) is 0 Å². The first-order valence-electron chi connectivity index (χ1n) is 24.5. The van der Waals surface area contributed by atoms with Crippen LogP contribution in [-0.4, -0.2) is 14.5 Å². The second-order valence-electron chi connectivity index (χ2n) is 19.5. The Labute approximate surface area is 413 Å². The normalized spacial score (nSPS) is 16.0. The van der Waals surface area contributed by atoms with Crippen molar-refractivity contribution in [3.63, 3.8) is 0 Å². The minimum absolute atomic E-state index is 0.515. The number of benzene rings is 9. The Morgan fingerprint density at radius 3 is 1.75 bits per heavy atom. The van der Waals surface area contributed by atoms with Gasteiger partial charge in [0.25, 0.3) is 0 Å². The van der Waals surface area contributed by atoms with Crippen LogP contribution in [0.5, 0.6) is 0 Å². The third kappa shape index (κ3) is 4.53. The van der Waals surface area contributed by atoms with Crippen LogP contribution in [0.1, 0.15) is 44.5 Å². The Kier molecular flexibility index (Phi) is 7.20. The Hall–Kier alpha value is -8.90. The maximum atomic E-state index is 5.56. The van der Waals surface area contributed by atoms with Gasteiger partial charge < -0.3 is 9.47 Å². The van der Waals surface area contributed by atoms with Crippen molar-refractivity contribution >= 4 is 70.4 Å². The summed E-state index contributed by atoms with van der Waals surface area (Å²) < 4.78 is 5.04. The fraction of sp³-hybridized carbons (Fsp3) is 0.0303. The fourth-order valence-electron chi connectivity index (χ4n) is 13.9. The molecule has 5 heteroatoms. The molecule has 3 aliphatic carbocycles. The summed E-state index contributed by atoms with van der Waals surface area (Å²) >= 11 is 1.86. The van der Waals surface area contributed by atoms with Gasteiger partial charge >= 0.3 is 0 Å². The summed E-state index contributed by atoms with van der Waals surface area (Å²) in [6.07, 6.45) is 4.02. The average Bonchev–Trinajstić information content (AvgIpc) is 4.22. The van der Waals surface area contributed by atoms with E-state index in [-0.39, 0.29) is 0 Å². The molecule has 4 aliphatic rings. The van der Waals surface area contributed by atoms with E-state index < -0.39 is 10.8 Å². The summed E-state index contributed by atoms with van der Waals surface area (Å²) in [4.78, 5) is 13.3. The van der Waals surface area contributed by atoms with Gasteiger partial charge in [-0.05, 0) is 128 Å². The number of aromatic nitrogens is 3. The van der Waals surface area contributed by atoms with E-state index in [2.05, 4.69) is 234 Å². The Morgan fingerprint density at radius 2 is 0.958 bits per heavy atom. The van der Waals surface area contributed by atoms with E-state index in [1.165, 1.54) is 92.1 Å². The molecule has 4 aromatic heterocycles. The lowest BCUT2D eigenvalue weighted by Gasteiger charge is -2.45. The molecule has 0 saturated heterocycles. The second-order valence-corrected chi connectivity index (χ2v) is 20.6. The summed E-state index contributed by atoms with van der Waals surface area (Å²) in [5.74, 6) is 0. The van der Waals surface area contributed by atoms with Gasteiger partial charge in [-0.15, -0.1) is 11.3 Å². The standard InChI is InChI=1S/C66H38N4S/c1-2-17-39(18-3-1)69-58-30-14-12-27-52(58)66(55-35-46-43-21-6-11-26-51(43)65(54(46)36-60(55)69)49-24-9-4-19-41(49)42-20-5-10-25-50(42)65)53-28-16-32-67-63(53)64-56(66)33-40(38-68-64)70-57-29-13-7-22-44(57)47-34-48-45-23-8-15-31-61(45)71-62(48)37-59(47)70/h1-38H. The molecule has 0 fully saturated rings. The molecule has 13 aromatic rings. The Balaban J connectivity index is 1.01. The zero-order valence-electron chi connectivity index (χ0n) is 38.1. The van der Waals surface area contributed by atoms with Crippen LogP contribution in [-0.2, 0) is 10.8 Å². The predicted octanol–water partition coefficient (Wildman–Crippen LogP) is 16.4. The molecule has 2 spiro atoms. The lowest BCUT2D eigenvalue weighted by atomic mass is 9.63. The highest BCUT2D eigenvalue weighted by Crippen LogP contribution is 2.68. The fourth-order valence-corrected chi connectivity index (χ4v) is 15.0. The highest BCUT2D eigenvalue weighted by atomic mass is 32.1. The summed E-state index contributed by atoms with van der Waals surface area (Å²) in [7, 11) is 0. The number of hydrogen-bond acceptors (Lipinski definition) is 4. The van der Waals surface area contributed by atoms with Crippen LogP contribution >= 0.6 is 11.3 Å². The van der Waals surface area contributed by atoms with Gasteiger partial charge in [0.2, 0.25) is 0 Å². The van der Waals surface area contributed by atoms with Crippen molar-refractivity contribution in [3.05, 3.63) is 275 Å². The average molecular weight is 919 g/mol. The predicted molar refractivity (Wildman–Crippen MR) is 291 cm³/mol. The number of anilines is 3. The van der Waals surface area contributed by atoms with Crippen molar-refractivity contribution < 1.29 is 0 Å². The molecular formula is C66H38N4S. The molecule has 0 radical (unpaired) electrons. The second kappa shape index (κ2) is 13.4. The highest BCUT2D eigenvalue weighted by Gasteiger charge is 2.57. The molecule has 17 rings (SSSR count). The van der Waals surface area contributed by atoms with E-state index in [1.54, 1.807) is 0 Å². The number of rotatable bonds is 2. The maximum Gasteiger partial charge on any atom is 0.0939 e. The van der Waals surface area contributed by atoms with E-state index >= 15 is 0 Å². The van der Waals surface area contributed by atoms with Crippen LogP contribution in [0.25, 0.3) is 81.3 Å². The van der Waals surface area contributed by atoms with E-state index in [1.807, 2.05) is 17.5 Å². The third-order valence-electron chi connectivity index (χ3n) is 16.5. The van der Waals surface area contributed by atoms with Crippen molar-refractivity contribution in [2.45, 2.75) is 10.8 Å². The highest BCUT2D eigenvalue weighted by molar-refractivity contribution is 7.25. The summed E-state index contributed by atoms with van der Waals surface area (Å²) in [5.41, 5.74) is 22.4. The number of fused-ring (bicyclic) bond motifs is 25. The quantitative estimate of drug-likeness (QED) is 0.173. The molecule has 0 amide bonds. The summed E-state index contributed by atoms with van der Waals surface area (Å²) in [6.45, 7) is 0. The van der Waals surface area contributed by atoms with Gasteiger partial charge in [-0.1, -0.05) is 152 Å². The Morgan fingerprint density at radius 1 is 0.338 bits per heavy atom. The molecule has 1 unspecified atom stereocenters. The van der Waals surface area contributed by atoms with Crippen LogP contribution in [0.2, 0.25) is 0 Å². The van der Waals surface area contributed by atoms with Gasteiger partial charge in [-0.2, -0.15) is 0 Å². The van der Waals surface area contributed by atoms with Crippen LogP contribution in [0.3, 0.4) is 0 Å². The smallest absolute Gasteiger partial charge is 0.0939 e. The van der Waals surface area contributed by atoms with Gasteiger partial charge in [0, 0.05) is 48.4 Å². The Bertz CT molecular complexity index is 4460. The first-order chi connectivity index (χ1) is 35.2. The molecule has 71 heavy (non-hydrogen) atoms. The summed E-state index contributed by atoms with van der Waals surface area (Å²) in [6, 6.07) is 81.9. The number of pyridine rings is 2. The molecule has 1 aliphatic heterocycles. The number of thiophene rings is 1. The minimum atomic E-state index is -0.790. The van der Waals surface area contributed by atoms with E-state index in [0.29, 0.717) is 0 Å². The topological polar surface area (TPSA) is 34.0 Å².